The number of hydrogen-bond acceptors (Lipinski definition) is 8. The van der Waals surface area contributed by atoms with Crippen LogP contribution in [0.3, 0.4) is 0 Å². The molecule has 1 aromatic heterocycles. The van der Waals surface area contributed by atoms with E-state index >= 15 is 0 Å². The molecule has 0 saturated heterocycles. The average molecular weight is 428 g/mol. The fourth-order valence-electron chi connectivity index (χ4n) is 1.46. The minimum absolute atomic E-state index is 0.274. The normalized spacial score (nSPS) is 10.9. The Hall–Kier alpha value is -3.19. The van der Waals surface area contributed by atoms with Crippen LogP contribution >= 0.6 is 11.8 Å². The average Bonchev–Trinajstić information content (AvgIpc) is 2.64. The van der Waals surface area contributed by atoms with E-state index in [1.54, 1.807) is 19.4 Å². The van der Waals surface area contributed by atoms with Crippen LogP contribution in [-0.4, -0.2) is 70.0 Å². The summed E-state index contributed by atoms with van der Waals surface area (Å²) in [4.78, 5) is 42.2. The van der Waals surface area contributed by atoms with Crippen LogP contribution < -0.4 is 16.8 Å². The molecule has 160 valence electrons. The Morgan fingerprint density at radius 3 is 2.48 bits per heavy atom. The molecule has 1 amide bonds. The van der Waals surface area contributed by atoms with Gasteiger partial charge in [-0.2, -0.15) is 0 Å². The number of primary amides is 1. The smallest absolute Gasteiger partial charge is 0.328 e. The maximum absolute atomic E-state index is 10.6. The number of aliphatic carboxylic acids is 2. The highest BCUT2D eigenvalue weighted by atomic mass is 32.2. The van der Waals surface area contributed by atoms with Gasteiger partial charge in [0, 0.05) is 37.6 Å². The summed E-state index contributed by atoms with van der Waals surface area (Å²) in [5.41, 5.74) is 10.8. The standard InChI is InChI=1S/C12H20N6O2S.C4H4O4/c1-20-7-6-15-11(14)17-10-4-5-16-12(18-10)21-8-2-3-9(13)19;5-3(6)1-2-4(7)8/h4-5H,2-3,6-8H2,1H3,(H2,13,19)(H3,14,15,16,17,18);1-2H,(H,5,6)(H,7,8)/b;2-1-. The van der Waals surface area contributed by atoms with Gasteiger partial charge in [-0.25, -0.2) is 19.6 Å². The Morgan fingerprint density at radius 2 is 1.93 bits per heavy atom. The van der Waals surface area contributed by atoms with Gasteiger partial charge in [-0.1, -0.05) is 11.8 Å². The van der Waals surface area contributed by atoms with Crippen molar-refractivity contribution in [2.45, 2.75) is 18.0 Å². The van der Waals surface area contributed by atoms with Crippen molar-refractivity contribution in [3.8, 4) is 0 Å². The number of nitrogens with two attached hydrogens (primary N) is 2. The van der Waals surface area contributed by atoms with E-state index in [0.29, 0.717) is 49.1 Å². The van der Waals surface area contributed by atoms with Crippen molar-refractivity contribution in [3.05, 3.63) is 24.4 Å². The number of methoxy groups -OCH3 is 1. The van der Waals surface area contributed by atoms with Crippen molar-refractivity contribution in [1.29, 1.82) is 0 Å². The van der Waals surface area contributed by atoms with Crippen LogP contribution in [0.2, 0.25) is 0 Å². The van der Waals surface area contributed by atoms with Crippen LogP contribution in [0.4, 0.5) is 5.82 Å². The molecule has 1 rings (SSSR count). The molecule has 0 atom stereocenters. The molecule has 29 heavy (non-hydrogen) atoms. The first kappa shape index (κ1) is 25.8. The third-order valence-electron chi connectivity index (χ3n) is 2.63. The predicted molar refractivity (Wildman–Crippen MR) is 108 cm³/mol. The second kappa shape index (κ2) is 15.8. The van der Waals surface area contributed by atoms with Gasteiger partial charge in [-0.3, -0.25) is 9.79 Å². The lowest BCUT2D eigenvalue weighted by atomic mass is 10.3. The molecule has 0 aliphatic rings. The number of thioether (sulfide) groups is 1. The Labute approximate surface area is 171 Å². The number of aromatic nitrogens is 2. The number of ether oxygens (including phenoxy) is 1. The van der Waals surface area contributed by atoms with E-state index in [1.807, 2.05) is 0 Å². The molecule has 0 saturated carbocycles. The molecule has 0 unspecified atom stereocenters. The summed E-state index contributed by atoms with van der Waals surface area (Å²) in [5.74, 6) is -1.24. The highest BCUT2D eigenvalue weighted by molar-refractivity contribution is 7.99. The van der Waals surface area contributed by atoms with Crippen LogP contribution in [0.1, 0.15) is 12.8 Å². The van der Waals surface area contributed by atoms with Crippen molar-refractivity contribution in [2.75, 3.05) is 31.3 Å². The number of hydrogen-bond donors (Lipinski definition) is 5. The van der Waals surface area contributed by atoms with Crippen molar-refractivity contribution in [1.82, 2.24) is 9.97 Å². The van der Waals surface area contributed by atoms with E-state index in [4.69, 9.17) is 26.4 Å². The summed E-state index contributed by atoms with van der Waals surface area (Å²) in [6.07, 6.45) is 3.81. The molecule has 13 heteroatoms. The number of carboxylic acid groups (broad SMARTS) is 2. The van der Waals surface area contributed by atoms with Gasteiger partial charge >= 0.3 is 11.9 Å². The minimum Gasteiger partial charge on any atom is -0.478 e. The lowest BCUT2D eigenvalue weighted by Crippen LogP contribution is -2.24. The first-order valence-corrected chi connectivity index (χ1v) is 9.17. The summed E-state index contributed by atoms with van der Waals surface area (Å²) < 4.78 is 4.88. The van der Waals surface area contributed by atoms with Crippen LogP contribution in [0, 0.1) is 0 Å². The topological polar surface area (TPSA) is 203 Å². The second-order valence-electron chi connectivity index (χ2n) is 5.04. The molecular weight excluding hydrogens is 404 g/mol. The summed E-state index contributed by atoms with van der Waals surface area (Å²) in [7, 11) is 1.60. The van der Waals surface area contributed by atoms with Gasteiger partial charge in [0.2, 0.25) is 5.91 Å². The van der Waals surface area contributed by atoms with Crippen LogP contribution in [-0.2, 0) is 19.1 Å². The van der Waals surface area contributed by atoms with E-state index in [1.165, 1.54) is 11.8 Å². The van der Waals surface area contributed by atoms with Crippen molar-refractivity contribution < 1.29 is 29.3 Å². The maximum Gasteiger partial charge on any atom is 0.328 e. The lowest BCUT2D eigenvalue weighted by Gasteiger charge is -2.06. The van der Waals surface area contributed by atoms with Crippen molar-refractivity contribution >= 4 is 41.4 Å². The molecule has 0 bridgehead atoms. The van der Waals surface area contributed by atoms with E-state index in [9.17, 15) is 14.4 Å². The fraction of sp³-hybridized carbons (Fsp3) is 0.375. The lowest BCUT2D eigenvalue weighted by molar-refractivity contribution is -0.134. The van der Waals surface area contributed by atoms with Gasteiger partial charge < -0.3 is 31.7 Å². The number of nitrogens with one attached hydrogen (secondary N) is 1. The molecule has 0 radical (unpaired) electrons. The van der Waals surface area contributed by atoms with Crippen LogP contribution in [0.5, 0.6) is 0 Å². The zero-order chi connectivity index (χ0) is 22.1. The zero-order valence-corrected chi connectivity index (χ0v) is 16.6. The Bertz CT molecular complexity index is 712. The molecular formula is C16H24N6O6S. The number of carbonyl (C=O) groups excluding carboxylic acids is 1. The summed E-state index contributed by atoms with van der Waals surface area (Å²) in [6, 6.07) is 1.70. The third kappa shape index (κ3) is 16.7. The quantitative estimate of drug-likeness (QED) is 0.0787. The number of carbonyl (C=O) groups is 3. The predicted octanol–water partition coefficient (Wildman–Crippen LogP) is -0.0810. The maximum atomic E-state index is 10.6. The summed E-state index contributed by atoms with van der Waals surface area (Å²) in [6.45, 7) is 0.988. The van der Waals surface area contributed by atoms with Crippen LogP contribution in [0.25, 0.3) is 0 Å². The third-order valence-corrected chi connectivity index (χ3v) is 3.58. The highest BCUT2D eigenvalue weighted by Crippen LogP contribution is 2.15. The van der Waals surface area contributed by atoms with Crippen molar-refractivity contribution in [3.63, 3.8) is 0 Å². The van der Waals surface area contributed by atoms with Crippen LogP contribution in [0.15, 0.2) is 34.6 Å². The Kier molecular flexibility index (Phi) is 14.1. The van der Waals surface area contributed by atoms with Gasteiger partial charge in [-0.05, 0) is 12.5 Å². The second-order valence-corrected chi connectivity index (χ2v) is 6.10. The largest absolute Gasteiger partial charge is 0.478 e. The van der Waals surface area contributed by atoms with Gasteiger partial charge in [0.1, 0.15) is 5.82 Å². The van der Waals surface area contributed by atoms with Crippen molar-refractivity contribution in [2.24, 2.45) is 16.5 Å². The molecule has 12 nitrogen and oxygen atoms in total. The molecule has 0 aliphatic heterocycles. The molecule has 1 aromatic rings. The highest BCUT2D eigenvalue weighted by Gasteiger charge is 2.02. The zero-order valence-electron chi connectivity index (χ0n) is 15.8. The SMILES string of the molecule is COCCN=C(N)Nc1ccnc(SCCCC(N)=O)n1.O=C(O)/C=C\C(=O)O. The summed E-state index contributed by atoms with van der Waals surface area (Å²) >= 11 is 1.45. The van der Waals surface area contributed by atoms with E-state index < -0.39 is 11.9 Å². The van der Waals surface area contributed by atoms with E-state index in [0.717, 1.165) is 5.75 Å². The number of carboxylic acids is 2. The first-order chi connectivity index (χ1) is 13.7. The van der Waals surface area contributed by atoms with Gasteiger partial charge in [-0.15, -0.1) is 0 Å². The van der Waals surface area contributed by atoms with E-state index in [-0.39, 0.29) is 11.9 Å². The number of nitrogens with zero attached hydrogens (tertiary/aromatic N) is 3. The Balaban J connectivity index is 0.000000828. The number of aliphatic imine (C=N–C) groups is 1. The van der Waals surface area contributed by atoms with E-state index in [2.05, 4.69) is 20.3 Å². The number of guanidine groups is 1. The monoisotopic (exact) mass is 428 g/mol. The number of anilines is 1. The summed E-state index contributed by atoms with van der Waals surface area (Å²) in [5, 5.41) is 19.1. The molecule has 1 heterocycles. The number of amides is 1. The fourth-order valence-corrected chi connectivity index (χ4v) is 2.23. The minimum atomic E-state index is -1.26. The van der Waals surface area contributed by atoms with Gasteiger partial charge in [0.15, 0.2) is 11.1 Å². The Morgan fingerprint density at radius 1 is 1.28 bits per heavy atom. The van der Waals surface area contributed by atoms with Gasteiger partial charge in [0.05, 0.1) is 13.2 Å². The molecule has 7 N–H and O–H groups in total. The molecule has 0 fully saturated rings. The molecule has 0 aromatic carbocycles. The number of rotatable bonds is 11. The molecule has 0 aliphatic carbocycles. The molecule has 0 spiro atoms. The first-order valence-electron chi connectivity index (χ1n) is 8.18. The van der Waals surface area contributed by atoms with Gasteiger partial charge in [0.25, 0.3) is 0 Å².